The summed E-state index contributed by atoms with van der Waals surface area (Å²) in [6, 6.07) is 0. The molecule has 0 aromatic carbocycles. The Kier molecular flexibility index (Phi) is 43.7. The maximum Gasteiger partial charge on any atom is 0.306 e. The van der Waals surface area contributed by atoms with E-state index in [1.54, 1.807) is 0 Å². The molecular formula is C54H82O6. The molecule has 1 atom stereocenters. The Hall–Kier alpha value is -4.45. The van der Waals surface area contributed by atoms with Gasteiger partial charge in [-0.1, -0.05) is 199 Å². The van der Waals surface area contributed by atoms with Gasteiger partial charge in [0.15, 0.2) is 6.10 Å². The number of rotatable bonds is 39. The third-order valence-electron chi connectivity index (χ3n) is 9.13. The van der Waals surface area contributed by atoms with Crippen LogP contribution in [-0.4, -0.2) is 37.2 Å². The molecule has 0 heterocycles. The minimum atomic E-state index is -0.824. The second-order valence-electron chi connectivity index (χ2n) is 14.8. The summed E-state index contributed by atoms with van der Waals surface area (Å²) in [5.74, 6) is -1.03. The molecular weight excluding hydrogens is 745 g/mol. The standard InChI is InChI=1S/C54H82O6/c1-4-7-10-13-16-19-22-25-26-27-28-30-32-35-38-41-44-47-53(56)59-50-51(49-58-52(55)46-43-40-37-34-31-24-21-18-15-12-9-6-3)60-54(57)48-45-42-39-36-33-29-23-20-17-14-11-8-5-2/h7-8,10-11,13-14,16-23,25-30,32-33,51H,4-6,9,12,15,24,31,34-50H2,1-3H3/b10-7-,11-8-,16-13-,17-14-,21-18-,22-19-,23-20-,26-25-,28-27+,32-30-,33-29-. The average Bonchev–Trinajstić information content (AvgIpc) is 3.24. The third-order valence-corrected chi connectivity index (χ3v) is 9.13. The molecule has 0 aliphatic rings. The van der Waals surface area contributed by atoms with Crippen molar-refractivity contribution >= 4 is 17.9 Å². The molecule has 6 heteroatoms. The van der Waals surface area contributed by atoms with Gasteiger partial charge in [0.05, 0.1) is 0 Å². The number of hydrogen-bond acceptors (Lipinski definition) is 6. The quantitative estimate of drug-likeness (QED) is 0.0202. The van der Waals surface area contributed by atoms with Crippen molar-refractivity contribution in [2.24, 2.45) is 0 Å². The Bertz CT molecular complexity index is 1370. The van der Waals surface area contributed by atoms with Crippen molar-refractivity contribution in [3.63, 3.8) is 0 Å². The first-order valence-electron chi connectivity index (χ1n) is 23.3. The Morgan fingerprint density at radius 1 is 0.350 bits per heavy atom. The van der Waals surface area contributed by atoms with Gasteiger partial charge in [-0.3, -0.25) is 14.4 Å². The zero-order valence-electron chi connectivity index (χ0n) is 37.9. The maximum atomic E-state index is 12.7. The lowest BCUT2D eigenvalue weighted by Crippen LogP contribution is -2.30. The van der Waals surface area contributed by atoms with Crippen molar-refractivity contribution in [1.29, 1.82) is 0 Å². The van der Waals surface area contributed by atoms with Crippen LogP contribution in [0.15, 0.2) is 134 Å². The van der Waals surface area contributed by atoms with Crippen molar-refractivity contribution in [1.82, 2.24) is 0 Å². The van der Waals surface area contributed by atoms with Crippen LogP contribution in [0.5, 0.6) is 0 Å². The lowest BCUT2D eigenvalue weighted by molar-refractivity contribution is -0.167. The third kappa shape index (κ3) is 44.6. The highest BCUT2D eigenvalue weighted by Crippen LogP contribution is 2.12. The van der Waals surface area contributed by atoms with Crippen LogP contribution in [0, 0.1) is 0 Å². The lowest BCUT2D eigenvalue weighted by atomic mass is 10.1. The van der Waals surface area contributed by atoms with E-state index >= 15 is 0 Å². The van der Waals surface area contributed by atoms with Crippen molar-refractivity contribution in [3.05, 3.63) is 134 Å². The molecule has 0 rings (SSSR count). The number of allylic oxidation sites excluding steroid dienone is 22. The Morgan fingerprint density at radius 2 is 0.667 bits per heavy atom. The predicted molar refractivity (Wildman–Crippen MR) is 256 cm³/mol. The smallest absolute Gasteiger partial charge is 0.306 e. The molecule has 0 saturated carbocycles. The largest absolute Gasteiger partial charge is 0.462 e. The summed E-state index contributed by atoms with van der Waals surface area (Å²) in [7, 11) is 0. The monoisotopic (exact) mass is 827 g/mol. The second-order valence-corrected chi connectivity index (χ2v) is 14.8. The van der Waals surface area contributed by atoms with E-state index in [2.05, 4.69) is 57.2 Å². The summed E-state index contributed by atoms with van der Waals surface area (Å²) in [6.07, 6.45) is 65.7. The van der Waals surface area contributed by atoms with E-state index in [9.17, 15) is 14.4 Å². The molecule has 0 radical (unpaired) electrons. The molecule has 0 aromatic heterocycles. The summed E-state index contributed by atoms with van der Waals surface area (Å²) in [4.78, 5) is 37.8. The fourth-order valence-corrected chi connectivity index (χ4v) is 5.65. The number of carbonyl (C=O) groups is 3. The molecule has 6 nitrogen and oxygen atoms in total. The lowest BCUT2D eigenvalue weighted by Gasteiger charge is -2.18. The van der Waals surface area contributed by atoms with Crippen LogP contribution in [0.2, 0.25) is 0 Å². The van der Waals surface area contributed by atoms with E-state index in [0.29, 0.717) is 25.7 Å². The summed E-state index contributed by atoms with van der Waals surface area (Å²) in [5.41, 5.74) is 0. The molecule has 0 aromatic rings. The number of esters is 3. The zero-order valence-corrected chi connectivity index (χ0v) is 37.9. The van der Waals surface area contributed by atoms with Gasteiger partial charge in [0.2, 0.25) is 0 Å². The highest BCUT2D eigenvalue weighted by atomic mass is 16.6. The SMILES string of the molecule is CC\C=C/C=C\C=C/C=C\C=C\C=C/CCCCCC(=O)OCC(COC(=O)CCCCCCC/C=C\CCCCC)OC(=O)CCCCC\C=C/C=C\C=C/C=C\CC. The van der Waals surface area contributed by atoms with Crippen LogP contribution in [-0.2, 0) is 28.6 Å². The fraction of sp³-hybridized carbons (Fsp3) is 0.537. The van der Waals surface area contributed by atoms with Crippen LogP contribution < -0.4 is 0 Å². The van der Waals surface area contributed by atoms with Crippen LogP contribution in [0.4, 0.5) is 0 Å². The van der Waals surface area contributed by atoms with Crippen LogP contribution in [0.25, 0.3) is 0 Å². The van der Waals surface area contributed by atoms with Gasteiger partial charge < -0.3 is 14.2 Å². The van der Waals surface area contributed by atoms with Gasteiger partial charge in [0.1, 0.15) is 13.2 Å². The number of ether oxygens (including phenoxy) is 3. The molecule has 0 spiro atoms. The van der Waals surface area contributed by atoms with Gasteiger partial charge in [-0.25, -0.2) is 0 Å². The molecule has 0 N–H and O–H groups in total. The molecule has 0 saturated heterocycles. The number of unbranched alkanes of at least 4 members (excludes halogenated alkanes) is 14. The fourth-order valence-electron chi connectivity index (χ4n) is 5.65. The topological polar surface area (TPSA) is 78.9 Å². The highest BCUT2D eigenvalue weighted by molar-refractivity contribution is 5.71. The minimum absolute atomic E-state index is 0.119. The highest BCUT2D eigenvalue weighted by Gasteiger charge is 2.19. The molecule has 0 aliphatic carbocycles. The molecule has 0 fully saturated rings. The van der Waals surface area contributed by atoms with Crippen LogP contribution in [0.3, 0.4) is 0 Å². The van der Waals surface area contributed by atoms with Gasteiger partial charge >= 0.3 is 17.9 Å². The number of carbonyl (C=O) groups excluding carboxylic acids is 3. The van der Waals surface area contributed by atoms with Gasteiger partial charge in [0.25, 0.3) is 0 Å². The summed E-state index contributed by atoms with van der Waals surface area (Å²) < 4.78 is 16.6. The van der Waals surface area contributed by atoms with E-state index < -0.39 is 6.10 Å². The summed E-state index contributed by atoms with van der Waals surface area (Å²) >= 11 is 0. The van der Waals surface area contributed by atoms with Crippen molar-refractivity contribution in [3.8, 4) is 0 Å². The second kappa shape index (κ2) is 47.2. The Balaban J connectivity index is 4.59. The van der Waals surface area contributed by atoms with Crippen LogP contribution in [0.1, 0.15) is 168 Å². The van der Waals surface area contributed by atoms with E-state index in [4.69, 9.17) is 14.2 Å². The average molecular weight is 827 g/mol. The maximum absolute atomic E-state index is 12.7. The first-order chi connectivity index (χ1) is 29.5. The molecule has 0 aliphatic heterocycles. The molecule has 1 unspecified atom stereocenters. The Labute approximate surface area is 366 Å². The van der Waals surface area contributed by atoms with Gasteiger partial charge in [-0.2, -0.15) is 0 Å². The Morgan fingerprint density at radius 3 is 1.08 bits per heavy atom. The summed E-state index contributed by atoms with van der Waals surface area (Å²) in [5, 5.41) is 0. The normalized spacial score (nSPS) is 13.3. The first kappa shape index (κ1) is 55.5. The number of hydrogen-bond donors (Lipinski definition) is 0. The molecule has 60 heavy (non-hydrogen) atoms. The van der Waals surface area contributed by atoms with Crippen molar-refractivity contribution < 1.29 is 28.6 Å². The summed E-state index contributed by atoms with van der Waals surface area (Å²) in [6.45, 7) is 6.21. The van der Waals surface area contributed by atoms with Gasteiger partial charge in [0, 0.05) is 19.3 Å². The molecule has 334 valence electrons. The van der Waals surface area contributed by atoms with Gasteiger partial charge in [-0.15, -0.1) is 0 Å². The molecule has 0 bridgehead atoms. The van der Waals surface area contributed by atoms with E-state index in [0.717, 1.165) is 83.5 Å². The van der Waals surface area contributed by atoms with Crippen molar-refractivity contribution in [2.75, 3.05) is 13.2 Å². The van der Waals surface area contributed by atoms with Crippen molar-refractivity contribution in [2.45, 2.75) is 175 Å². The molecule has 0 amide bonds. The van der Waals surface area contributed by atoms with E-state index in [1.807, 2.05) is 97.2 Å². The first-order valence-corrected chi connectivity index (χ1v) is 23.3. The van der Waals surface area contributed by atoms with E-state index in [-0.39, 0.29) is 37.5 Å². The van der Waals surface area contributed by atoms with Gasteiger partial charge in [-0.05, 0) is 83.5 Å². The van der Waals surface area contributed by atoms with E-state index in [1.165, 1.54) is 32.1 Å². The minimum Gasteiger partial charge on any atom is -0.462 e. The predicted octanol–water partition coefficient (Wildman–Crippen LogP) is 15.1. The van der Waals surface area contributed by atoms with Crippen LogP contribution >= 0.6 is 0 Å². The zero-order chi connectivity index (χ0) is 43.7.